The fourth-order valence-electron chi connectivity index (χ4n) is 2.69. The molecule has 0 aromatic carbocycles. The van der Waals surface area contributed by atoms with E-state index in [9.17, 15) is 4.79 Å². The number of esters is 1. The number of unbranched alkanes of at least 4 members (excludes halogenated alkanes) is 1. The molecule has 0 bridgehead atoms. The molecule has 1 aromatic rings. The maximum absolute atomic E-state index is 11.9. The van der Waals surface area contributed by atoms with Crippen molar-refractivity contribution in [1.29, 1.82) is 0 Å². The van der Waals surface area contributed by atoms with Crippen molar-refractivity contribution in [2.24, 2.45) is 0 Å². The molecule has 0 amide bonds. The third kappa shape index (κ3) is 4.43. The number of tetrazole rings is 1. The smallest absolute Gasteiger partial charge is 0.319 e. The summed E-state index contributed by atoms with van der Waals surface area (Å²) >= 11 is 1.44. The number of rotatable bonds is 7. The predicted molar refractivity (Wildman–Crippen MR) is 81.1 cm³/mol. The lowest BCUT2D eigenvalue weighted by Crippen LogP contribution is -2.21. The Bertz CT molecular complexity index is 446. The van der Waals surface area contributed by atoms with Crippen molar-refractivity contribution in [3.05, 3.63) is 0 Å². The highest BCUT2D eigenvalue weighted by molar-refractivity contribution is 8.00. The maximum atomic E-state index is 11.9. The largest absolute Gasteiger partial charge is 0.468 e. The lowest BCUT2D eigenvalue weighted by atomic mass is 9.96. The fourth-order valence-corrected chi connectivity index (χ4v) is 3.80. The van der Waals surface area contributed by atoms with Gasteiger partial charge in [0.2, 0.25) is 5.16 Å². The van der Waals surface area contributed by atoms with Crippen molar-refractivity contribution in [3.63, 3.8) is 0 Å². The first-order valence-electron chi connectivity index (χ1n) is 7.78. The second-order valence-electron chi connectivity index (χ2n) is 5.47. The van der Waals surface area contributed by atoms with Gasteiger partial charge >= 0.3 is 5.97 Å². The van der Waals surface area contributed by atoms with Crippen LogP contribution >= 0.6 is 11.8 Å². The lowest BCUT2D eigenvalue weighted by Gasteiger charge is -2.22. The van der Waals surface area contributed by atoms with Crippen molar-refractivity contribution < 1.29 is 9.53 Å². The molecule has 7 heteroatoms. The summed E-state index contributed by atoms with van der Waals surface area (Å²) in [5, 5.41) is 12.6. The van der Waals surface area contributed by atoms with E-state index in [0.717, 1.165) is 37.3 Å². The Morgan fingerprint density at radius 1 is 1.43 bits per heavy atom. The normalized spacial score (nSPS) is 17.6. The summed E-state index contributed by atoms with van der Waals surface area (Å²) in [7, 11) is 1.44. The summed E-state index contributed by atoms with van der Waals surface area (Å²) in [6.45, 7) is 2.12. The van der Waals surface area contributed by atoms with Gasteiger partial charge in [0.15, 0.2) is 0 Å². The zero-order valence-electron chi connectivity index (χ0n) is 12.8. The number of hydrogen-bond donors (Lipinski definition) is 0. The van der Waals surface area contributed by atoms with E-state index < -0.39 is 0 Å². The summed E-state index contributed by atoms with van der Waals surface area (Å²) in [6, 6.07) is 0.376. The van der Waals surface area contributed by atoms with E-state index >= 15 is 0 Å². The number of methoxy groups -OCH3 is 1. The number of aromatic nitrogens is 4. The minimum absolute atomic E-state index is 0.188. The van der Waals surface area contributed by atoms with Crippen molar-refractivity contribution in [3.8, 4) is 0 Å². The number of ether oxygens (including phenoxy) is 1. The van der Waals surface area contributed by atoms with Crippen LogP contribution < -0.4 is 0 Å². The van der Waals surface area contributed by atoms with E-state index in [0.29, 0.717) is 6.04 Å². The Morgan fingerprint density at radius 2 is 2.19 bits per heavy atom. The molecule has 1 aliphatic rings. The van der Waals surface area contributed by atoms with Crippen LogP contribution in [0, 0.1) is 0 Å². The van der Waals surface area contributed by atoms with Gasteiger partial charge in [-0.2, -0.15) is 0 Å². The van der Waals surface area contributed by atoms with E-state index in [1.807, 2.05) is 4.68 Å². The molecule has 0 N–H and O–H groups in total. The van der Waals surface area contributed by atoms with Gasteiger partial charge in [0, 0.05) is 0 Å². The maximum Gasteiger partial charge on any atom is 0.319 e. The van der Waals surface area contributed by atoms with Gasteiger partial charge < -0.3 is 4.74 Å². The van der Waals surface area contributed by atoms with Crippen LogP contribution in [0.2, 0.25) is 0 Å². The van der Waals surface area contributed by atoms with Crippen LogP contribution in [0.4, 0.5) is 0 Å². The minimum Gasteiger partial charge on any atom is -0.468 e. The van der Waals surface area contributed by atoms with Gasteiger partial charge in [-0.05, 0) is 29.7 Å². The number of carbonyl (C=O) groups excluding carboxylic acids is 1. The first kappa shape index (κ1) is 16.3. The van der Waals surface area contributed by atoms with E-state index in [2.05, 4.69) is 22.4 Å². The van der Waals surface area contributed by atoms with E-state index in [1.165, 1.54) is 38.1 Å². The number of carbonyl (C=O) groups is 1. The van der Waals surface area contributed by atoms with Crippen LogP contribution in [0.5, 0.6) is 0 Å². The number of thioether (sulfide) groups is 1. The molecule has 118 valence electrons. The Labute approximate surface area is 130 Å². The minimum atomic E-state index is -0.219. The summed E-state index contributed by atoms with van der Waals surface area (Å²) in [5.41, 5.74) is 0. The molecule has 0 radical (unpaired) electrons. The second kappa shape index (κ2) is 8.36. The highest BCUT2D eigenvalue weighted by Gasteiger charge is 2.26. The highest BCUT2D eigenvalue weighted by atomic mass is 32.2. The van der Waals surface area contributed by atoms with Crippen LogP contribution in [0.25, 0.3) is 0 Å². The summed E-state index contributed by atoms with van der Waals surface area (Å²) < 4.78 is 6.81. The van der Waals surface area contributed by atoms with Crippen LogP contribution in [0.1, 0.15) is 64.3 Å². The topological polar surface area (TPSA) is 69.9 Å². The number of nitrogens with zero attached hydrogens (tertiary/aromatic N) is 4. The molecule has 1 atom stereocenters. The molecule has 1 heterocycles. The van der Waals surface area contributed by atoms with Gasteiger partial charge in [0.25, 0.3) is 0 Å². The SMILES string of the molecule is CCCCC(Sc1nnnn1C1CCCCC1)C(=O)OC. The molecular weight excluding hydrogens is 288 g/mol. The van der Waals surface area contributed by atoms with Gasteiger partial charge in [0.05, 0.1) is 13.2 Å². The molecule has 21 heavy (non-hydrogen) atoms. The molecule has 6 nitrogen and oxygen atoms in total. The van der Waals surface area contributed by atoms with Gasteiger partial charge in [-0.3, -0.25) is 4.79 Å². The van der Waals surface area contributed by atoms with E-state index in [-0.39, 0.29) is 11.2 Å². The van der Waals surface area contributed by atoms with Crippen LogP contribution in [0.3, 0.4) is 0 Å². The predicted octanol–water partition coefficient (Wildman–Crippen LogP) is 3.00. The zero-order chi connectivity index (χ0) is 15.1. The fraction of sp³-hybridized carbons (Fsp3) is 0.857. The first-order chi connectivity index (χ1) is 10.3. The summed E-state index contributed by atoms with van der Waals surface area (Å²) in [5.74, 6) is -0.188. The molecule has 2 rings (SSSR count). The molecule has 1 fully saturated rings. The van der Waals surface area contributed by atoms with E-state index in [1.54, 1.807) is 0 Å². The molecule has 1 aromatic heterocycles. The average molecular weight is 312 g/mol. The molecule has 1 unspecified atom stereocenters. The third-order valence-corrected chi connectivity index (χ3v) is 5.11. The Hall–Kier alpha value is -1.11. The van der Waals surface area contributed by atoms with Gasteiger partial charge in [-0.15, -0.1) is 5.10 Å². The van der Waals surface area contributed by atoms with Gasteiger partial charge in [-0.1, -0.05) is 50.8 Å². The Balaban J connectivity index is 2.05. The molecule has 0 spiro atoms. The van der Waals surface area contributed by atoms with E-state index in [4.69, 9.17) is 4.74 Å². The third-order valence-electron chi connectivity index (χ3n) is 3.91. The number of hydrogen-bond acceptors (Lipinski definition) is 6. The van der Waals surface area contributed by atoms with Crippen LogP contribution in [-0.2, 0) is 9.53 Å². The highest BCUT2D eigenvalue weighted by Crippen LogP contribution is 2.32. The van der Waals surface area contributed by atoms with Crippen LogP contribution in [0.15, 0.2) is 5.16 Å². The standard InChI is InChI=1S/C14H24N4O2S/c1-3-4-10-12(13(19)20-2)21-14-15-16-17-18(14)11-8-6-5-7-9-11/h11-12H,3-10H2,1-2H3. The van der Waals surface area contributed by atoms with Gasteiger partial charge in [0.1, 0.15) is 5.25 Å². The molecule has 1 saturated carbocycles. The Morgan fingerprint density at radius 3 is 2.86 bits per heavy atom. The quantitative estimate of drug-likeness (QED) is 0.569. The van der Waals surface area contributed by atoms with Crippen molar-refractivity contribution in [2.75, 3.05) is 7.11 Å². The summed E-state index contributed by atoms with van der Waals surface area (Å²) in [4.78, 5) is 11.9. The van der Waals surface area contributed by atoms with Crippen molar-refractivity contribution in [1.82, 2.24) is 20.2 Å². The monoisotopic (exact) mass is 312 g/mol. The van der Waals surface area contributed by atoms with Crippen molar-refractivity contribution in [2.45, 2.75) is 74.7 Å². The zero-order valence-corrected chi connectivity index (χ0v) is 13.6. The molecule has 0 aliphatic heterocycles. The van der Waals surface area contributed by atoms with Crippen molar-refractivity contribution >= 4 is 17.7 Å². The molecule has 1 aliphatic carbocycles. The molecular formula is C14H24N4O2S. The van der Waals surface area contributed by atoms with Gasteiger partial charge in [-0.25, -0.2) is 4.68 Å². The second-order valence-corrected chi connectivity index (χ2v) is 6.64. The Kier molecular flexibility index (Phi) is 6.48. The average Bonchev–Trinajstić information content (AvgIpc) is 2.99. The summed E-state index contributed by atoms with van der Waals surface area (Å²) in [6.07, 6.45) is 8.84. The lowest BCUT2D eigenvalue weighted by molar-refractivity contribution is -0.140. The van der Waals surface area contributed by atoms with Crippen LogP contribution in [-0.4, -0.2) is 38.5 Å². The molecule has 0 saturated heterocycles. The first-order valence-corrected chi connectivity index (χ1v) is 8.66.